The topological polar surface area (TPSA) is 9.23 Å². The van der Waals surface area contributed by atoms with Gasteiger partial charge in [0.05, 0.1) is 11.1 Å². The number of benzene rings is 1. The number of alkyl halides is 1. The summed E-state index contributed by atoms with van der Waals surface area (Å²) in [6.45, 7) is 2.90. The highest BCUT2D eigenvalue weighted by molar-refractivity contribution is 9.10. The molecule has 0 N–H and O–H groups in total. The van der Waals surface area contributed by atoms with Crippen molar-refractivity contribution >= 4 is 31.9 Å². The quantitative estimate of drug-likeness (QED) is 0.540. The maximum atomic E-state index is 5.70. The molecule has 0 aromatic heterocycles. The molecule has 0 heterocycles. The van der Waals surface area contributed by atoms with Crippen LogP contribution in [-0.2, 0) is 0 Å². The summed E-state index contributed by atoms with van der Waals surface area (Å²) in [6.07, 6.45) is 7.90. The van der Waals surface area contributed by atoms with Gasteiger partial charge in [0.1, 0.15) is 5.75 Å². The molecule has 2 rings (SSSR count). The van der Waals surface area contributed by atoms with E-state index in [9.17, 15) is 0 Å². The average molecular weight is 390 g/mol. The molecule has 1 atom stereocenters. The molecule has 1 aliphatic rings. The Morgan fingerprint density at radius 2 is 2.00 bits per heavy atom. The zero-order valence-electron chi connectivity index (χ0n) is 11.5. The fourth-order valence-corrected chi connectivity index (χ4v) is 4.04. The van der Waals surface area contributed by atoms with Crippen molar-refractivity contribution in [2.24, 2.45) is 5.92 Å². The fraction of sp³-hybridized carbons (Fsp3) is 0.625. The Labute approximate surface area is 133 Å². The van der Waals surface area contributed by atoms with E-state index in [0.29, 0.717) is 4.83 Å². The lowest BCUT2D eigenvalue weighted by atomic mass is 9.85. The number of rotatable bonds is 5. The predicted molar refractivity (Wildman–Crippen MR) is 88.2 cm³/mol. The number of ether oxygens (including phenoxy) is 1. The Balaban J connectivity index is 2.05. The summed E-state index contributed by atoms with van der Waals surface area (Å²) in [7, 11) is 0. The zero-order valence-corrected chi connectivity index (χ0v) is 14.7. The van der Waals surface area contributed by atoms with Gasteiger partial charge in [-0.2, -0.15) is 0 Å². The summed E-state index contributed by atoms with van der Waals surface area (Å²) in [5.41, 5.74) is 1.36. The van der Waals surface area contributed by atoms with Crippen molar-refractivity contribution in [1.82, 2.24) is 0 Å². The van der Waals surface area contributed by atoms with Crippen molar-refractivity contribution in [3.05, 3.63) is 28.2 Å². The molecule has 1 aromatic rings. The standard InChI is InChI=1S/C16H22Br2O/c1-2-10-19-15-9-8-13(11-14(15)17)16(18)12-6-4-3-5-7-12/h8-9,11-12,16H,2-7,10H2,1H3. The van der Waals surface area contributed by atoms with Crippen LogP contribution in [-0.4, -0.2) is 6.61 Å². The zero-order chi connectivity index (χ0) is 13.7. The average Bonchev–Trinajstić information content (AvgIpc) is 2.46. The van der Waals surface area contributed by atoms with Crippen LogP contribution in [0.15, 0.2) is 22.7 Å². The molecule has 1 aliphatic carbocycles. The van der Waals surface area contributed by atoms with Crippen LogP contribution in [0, 0.1) is 5.92 Å². The predicted octanol–water partition coefficient (Wildman–Crippen LogP) is 6.25. The molecule has 1 aromatic carbocycles. The summed E-state index contributed by atoms with van der Waals surface area (Å²) >= 11 is 7.52. The molecule has 0 spiro atoms. The van der Waals surface area contributed by atoms with E-state index in [1.807, 2.05) is 0 Å². The summed E-state index contributed by atoms with van der Waals surface area (Å²) in [5, 5.41) is 0. The van der Waals surface area contributed by atoms with Crippen molar-refractivity contribution in [2.75, 3.05) is 6.61 Å². The number of hydrogen-bond donors (Lipinski definition) is 0. The second-order valence-electron chi connectivity index (χ2n) is 5.34. The van der Waals surface area contributed by atoms with Crippen molar-refractivity contribution < 1.29 is 4.74 Å². The molecular weight excluding hydrogens is 368 g/mol. The minimum Gasteiger partial charge on any atom is -0.492 e. The Bertz CT molecular complexity index is 400. The van der Waals surface area contributed by atoms with Gasteiger partial charge in [0.2, 0.25) is 0 Å². The van der Waals surface area contributed by atoms with Crippen LogP contribution >= 0.6 is 31.9 Å². The van der Waals surface area contributed by atoms with Gasteiger partial charge in [0.25, 0.3) is 0 Å². The van der Waals surface area contributed by atoms with Crippen LogP contribution < -0.4 is 4.74 Å². The number of hydrogen-bond acceptors (Lipinski definition) is 1. The van der Waals surface area contributed by atoms with Gasteiger partial charge in [0, 0.05) is 4.83 Å². The highest BCUT2D eigenvalue weighted by Gasteiger charge is 2.23. The molecule has 0 radical (unpaired) electrons. The largest absolute Gasteiger partial charge is 0.492 e. The van der Waals surface area contributed by atoms with Gasteiger partial charge in [0.15, 0.2) is 0 Å². The van der Waals surface area contributed by atoms with E-state index in [-0.39, 0.29) is 0 Å². The first kappa shape index (κ1) is 15.4. The van der Waals surface area contributed by atoms with Crippen LogP contribution in [0.25, 0.3) is 0 Å². The minimum absolute atomic E-state index is 0.476. The molecule has 3 heteroatoms. The van der Waals surface area contributed by atoms with Crippen molar-refractivity contribution in [3.63, 3.8) is 0 Å². The van der Waals surface area contributed by atoms with E-state index in [2.05, 4.69) is 57.0 Å². The maximum absolute atomic E-state index is 5.70. The van der Waals surface area contributed by atoms with Crippen molar-refractivity contribution in [1.29, 1.82) is 0 Å². The van der Waals surface area contributed by atoms with Gasteiger partial charge < -0.3 is 4.74 Å². The Kier molecular flexibility index (Phi) is 6.21. The first-order valence-electron chi connectivity index (χ1n) is 7.28. The molecule has 0 aliphatic heterocycles. The highest BCUT2D eigenvalue weighted by Crippen LogP contribution is 2.41. The second kappa shape index (κ2) is 7.68. The van der Waals surface area contributed by atoms with Crippen LogP contribution in [0.5, 0.6) is 5.75 Å². The summed E-state index contributed by atoms with van der Waals surface area (Å²) in [5.74, 6) is 1.73. The first-order chi connectivity index (χ1) is 9.22. The molecule has 0 saturated heterocycles. The monoisotopic (exact) mass is 388 g/mol. The van der Waals surface area contributed by atoms with Gasteiger partial charge in [-0.3, -0.25) is 0 Å². The van der Waals surface area contributed by atoms with Gasteiger partial charge in [-0.05, 0) is 58.8 Å². The first-order valence-corrected chi connectivity index (χ1v) is 8.99. The van der Waals surface area contributed by atoms with Crippen molar-refractivity contribution in [3.8, 4) is 5.75 Å². The molecule has 0 amide bonds. The molecule has 1 unspecified atom stereocenters. The lowest BCUT2D eigenvalue weighted by molar-refractivity contribution is 0.315. The fourth-order valence-electron chi connectivity index (χ4n) is 2.72. The van der Waals surface area contributed by atoms with E-state index in [4.69, 9.17) is 4.74 Å². The molecular formula is C16H22Br2O. The lowest BCUT2D eigenvalue weighted by Crippen LogP contribution is -2.12. The molecule has 19 heavy (non-hydrogen) atoms. The molecule has 1 saturated carbocycles. The molecule has 1 nitrogen and oxygen atoms in total. The van der Waals surface area contributed by atoms with E-state index in [1.54, 1.807) is 0 Å². The van der Waals surface area contributed by atoms with E-state index < -0.39 is 0 Å². The van der Waals surface area contributed by atoms with E-state index >= 15 is 0 Å². The molecule has 0 bridgehead atoms. The smallest absolute Gasteiger partial charge is 0.133 e. The normalized spacial score (nSPS) is 18.3. The lowest BCUT2D eigenvalue weighted by Gasteiger charge is -2.27. The van der Waals surface area contributed by atoms with Crippen LogP contribution in [0.4, 0.5) is 0 Å². The minimum atomic E-state index is 0.476. The highest BCUT2D eigenvalue weighted by atomic mass is 79.9. The van der Waals surface area contributed by atoms with Crippen LogP contribution in [0.2, 0.25) is 0 Å². The third kappa shape index (κ3) is 4.22. The summed E-state index contributed by atoms with van der Waals surface area (Å²) < 4.78 is 6.77. The number of halogens is 2. The van der Waals surface area contributed by atoms with Gasteiger partial charge in [-0.25, -0.2) is 0 Å². The van der Waals surface area contributed by atoms with Gasteiger partial charge >= 0.3 is 0 Å². The molecule has 106 valence electrons. The third-order valence-electron chi connectivity index (χ3n) is 3.80. The Morgan fingerprint density at radius 1 is 1.26 bits per heavy atom. The Hall–Kier alpha value is -0.0200. The maximum Gasteiger partial charge on any atom is 0.133 e. The van der Waals surface area contributed by atoms with Crippen molar-refractivity contribution in [2.45, 2.75) is 50.3 Å². The Morgan fingerprint density at radius 3 is 2.63 bits per heavy atom. The third-order valence-corrected chi connectivity index (χ3v) is 5.70. The van der Waals surface area contributed by atoms with Gasteiger partial charge in [-0.15, -0.1) is 0 Å². The summed E-state index contributed by atoms with van der Waals surface area (Å²) in [6, 6.07) is 6.49. The van der Waals surface area contributed by atoms with Crippen LogP contribution in [0.1, 0.15) is 55.8 Å². The van der Waals surface area contributed by atoms with E-state index in [0.717, 1.165) is 29.2 Å². The van der Waals surface area contributed by atoms with Crippen LogP contribution in [0.3, 0.4) is 0 Å². The van der Waals surface area contributed by atoms with E-state index in [1.165, 1.54) is 37.7 Å². The summed E-state index contributed by atoms with van der Waals surface area (Å²) in [4.78, 5) is 0.476. The molecule has 1 fully saturated rings. The SMILES string of the molecule is CCCOc1ccc(C(Br)C2CCCCC2)cc1Br. The second-order valence-corrected chi connectivity index (χ2v) is 7.18. The van der Waals surface area contributed by atoms with Gasteiger partial charge in [-0.1, -0.05) is 48.2 Å².